The number of hydrogen-bond acceptors (Lipinski definition) is 3. The summed E-state index contributed by atoms with van der Waals surface area (Å²) >= 11 is 0. The van der Waals surface area contributed by atoms with Crippen LogP contribution < -0.4 is 5.32 Å². The van der Waals surface area contributed by atoms with Crippen molar-refractivity contribution in [2.45, 2.75) is 25.3 Å². The lowest BCUT2D eigenvalue weighted by Gasteiger charge is -2.22. The van der Waals surface area contributed by atoms with Gasteiger partial charge in [-0.2, -0.15) is 5.26 Å². The molecule has 0 aliphatic rings. The van der Waals surface area contributed by atoms with Crippen LogP contribution in [0, 0.1) is 11.3 Å². The van der Waals surface area contributed by atoms with Gasteiger partial charge in [-0.05, 0) is 25.3 Å². The molecule has 1 unspecified atom stereocenters. The zero-order valence-corrected chi connectivity index (χ0v) is 9.61. The summed E-state index contributed by atoms with van der Waals surface area (Å²) in [5.74, 6) is 0. The monoisotopic (exact) mass is 218 g/mol. The lowest BCUT2D eigenvalue weighted by molar-refractivity contribution is 0.272. The number of nitriles is 1. The van der Waals surface area contributed by atoms with Crippen LogP contribution in [0.25, 0.3) is 0 Å². The molecule has 3 heteroatoms. The quantitative estimate of drug-likeness (QED) is 0.760. The summed E-state index contributed by atoms with van der Waals surface area (Å²) < 4.78 is 0. The van der Waals surface area contributed by atoms with Gasteiger partial charge >= 0.3 is 0 Å². The number of nitrogens with one attached hydrogen (secondary N) is 1. The second kappa shape index (κ2) is 6.26. The van der Waals surface area contributed by atoms with E-state index in [9.17, 15) is 0 Å². The Kier molecular flexibility index (Phi) is 4.97. The molecule has 1 aromatic rings. The second-order valence-corrected chi connectivity index (χ2v) is 4.08. The van der Waals surface area contributed by atoms with E-state index in [1.807, 2.05) is 25.1 Å². The van der Waals surface area contributed by atoms with E-state index in [1.165, 1.54) is 5.56 Å². The highest BCUT2D eigenvalue weighted by molar-refractivity contribution is 5.16. The van der Waals surface area contributed by atoms with E-state index in [4.69, 9.17) is 10.4 Å². The molecule has 0 aliphatic heterocycles. The topological polar surface area (TPSA) is 56.0 Å². The summed E-state index contributed by atoms with van der Waals surface area (Å²) in [6.07, 6.45) is 1.61. The Balaban J connectivity index is 2.49. The van der Waals surface area contributed by atoms with E-state index in [2.05, 4.69) is 23.5 Å². The fourth-order valence-electron chi connectivity index (χ4n) is 1.55. The minimum atomic E-state index is -0.557. The van der Waals surface area contributed by atoms with E-state index in [0.29, 0.717) is 6.54 Å². The third kappa shape index (κ3) is 4.01. The number of aliphatic hydroxyl groups excluding tert-OH is 1. The Morgan fingerprint density at radius 3 is 2.62 bits per heavy atom. The zero-order valence-electron chi connectivity index (χ0n) is 9.61. The molecule has 0 saturated carbocycles. The smallest absolute Gasteiger partial charge is 0.104 e. The van der Waals surface area contributed by atoms with Crippen molar-refractivity contribution in [1.82, 2.24) is 5.32 Å². The Morgan fingerprint density at radius 2 is 2.06 bits per heavy atom. The molecule has 3 nitrogen and oxygen atoms in total. The Bertz CT molecular complexity index is 345. The number of hydrogen-bond donors (Lipinski definition) is 2. The molecule has 16 heavy (non-hydrogen) atoms. The molecule has 0 spiro atoms. The summed E-state index contributed by atoms with van der Waals surface area (Å²) in [6.45, 7) is 2.38. The van der Waals surface area contributed by atoms with Crippen LogP contribution in [0.4, 0.5) is 0 Å². The van der Waals surface area contributed by atoms with Crippen molar-refractivity contribution in [1.29, 1.82) is 5.26 Å². The van der Waals surface area contributed by atoms with Gasteiger partial charge in [-0.1, -0.05) is 30.3 Å². The highest BCUT2D eigenvalue weighted by Crippen LogP contribution is 2.13. The molecule has 0 heterocycles. The van der Waals surface area contributed by atoms with Crippen molar-refractivity contribution < 1.29 is 5.11 Å². The predicted molar refractivity (Wildman–Crippen MR) is 63.9 cm³/mol. The molecule has 0 amide bonds. The minimum Gasteiger partial charge on any atom is -0.395 e. The van der Waals surface area contributed by atoms with Crippen molar-refractivity contribution in [3.05, 3.63) is 35.9 Å². The molecule has 0 aromatic heterocycles. The second-order valence-electron chi connectivity index (χ2n) is 4.08. The van der Waals surface area contributed by atoms with Crippen LogP contribution in [0.2, 0.25) is 0 Å². The molecule has 2 N–H and O–H groups in total. The van der Waals surface area contributed by atoms with Crippen LogP contribution in [0.1, 0.15) is 18.9 Å². The molecule has 86 valence electrons. The summed E-state index contributed by atoms with van der Waals surface area (Å²) in [5, 5.41) is 20.9. The highest BCUT2D eigenvalue weighted by atomic mass is 16.3. The molecule has 0 saturated heterocycles. The summed E-state index contributed by atoms with van der Waals surface area (Å²) in [7, 11) is 0. The molecule has 1 rings (SSSR count). The number of β-amino-alcohol motifs (C(OH)–C–C–N with tert-alkyl or cyclic N) is 1. The lowest BCUT2D eigenvalue weighted by Crippen LogP contribution is -2.42. The molecule has 1 aromatic carbocycles. The zero-order chi connectivity index (χ0) is 11.9. The van der Waals surface area contributed by atoms with Gasteiger partial charge in [-0.15, -0.1) is 0 Å². The van der Waals surface area contributed by atoms with Gasteiger partial charge in [0.1, 0.15) is 5.54 Å². The van der Waals surface area contributed by atoms with Crippen LogP contribution in [-0.4, -0.2) is 23.8 Å². The third-order valence-corrected chi connectivity index (χ3v) is 2.63. The minimum absolute atomic E-state index is 0.0581. The van der Waals surface area contributed by atoms with E-state index < -0.39 is 5.54 Å². The van der Waals surface area contributed by atoms with Gasteiger partial charge in [0.05, 0.1) is 12.7 Å². The van der Waals surface area contributed by atoms with Gasteiger partial charge in [0.25, 0.3) is 0 Å². The van der Waals surface area contributed by atoms with Gasteiger partial charge in [0, 0.05) is 6.54 Å². The maximum absolute atomic E-state index is 9.10. The third-order valence-electron chi connectivity index (χ3n) is 2.63. The first kappa shape index (κ1) is 12.7. The van der Waals surface area contributed by atoms with Crippen LogP contribution in [0.5, 0.6) is 0 Å². The highest BCUT2D eigenvalue weighted by Gasteiger charge is 2.21. The molecule has 0 radical (unpaired) electrons. The fourth-order valence-corrected chi connectivity index (χ4v) is 1.55. The summed E-state index contributed by atoms with van der Waals surface area (Å²) in [5.41, 5.74) is 0.674. The number of nitrogens with zero attached hydrogens (tertiary/aromatic N) is 1. The first-order chi connectivity index (χ1) is 7.70. The van der Waals surface area contributed by atoms with E-state index >= 15 is 0 Å². The molecule has 0 bridgehead atoms. The fraction of sp³-hybridized carbons (Fsp3) is 0.462. The van der Waals surface area contributed by atoms with Gasteiger partial charge in [-0.25, -0.2) is 0 Å². The van der Waals surface area contributed by atoms with E-state index in [1.54, 1.807) is 0 Å². The molecule has 0 fully saturated rings. The lowest BCUT2D eigenvalue weighted by atomic mass is 9.95. The maximum atomic E-state index is 9.10. The van der Waals surface area contributed by atoms with Gasteiger partial charge in [-0.3, -0.25) is 5.32 Å². The number of rotatable bonds is 6. The van der Waals surface area contributed by atoms with Crippen LogP contribution in [0.3, 0.4) is 0 Å². The van der Waals surface area contributed by atoms with Crippen molar-refractivity contribution in [2.24, 2.45) is 0 Å². The first-order valence-electron chi connectivity index (χ1n) is 5.51. The van der Waals surface area contributed by atoms with Crippen LogP contribution in [0.15, 0.2) is 30.3 Å². The first-order valence-corrected chi connectivity index (χ1v) is 5.51. The number of aliphatic hydroxyl groups is 1. The average Bonchev–Trinajstić information content (AvgIpc) is 2.35. The van der Waals surface area contributed by atoms with Crippen molar-refractivity contribution in [2.75, 3.05) is 13.2 Å². The van der Waals surface area contributed by atoms with Crippen molar-refractivity contribution in [3.8, 4) is 6.07 Å². The standard InChI is InChI=1S/C13H18N2O/c1-13(11-14,15-9-10-16)8-7-12-5-3-2-4-6-12/h2-6,15-16H,7-10H2,1H3. The summed E-state index contributed by atoms with van der Waals surface area (Å²) in [6, 6.07) is 12.4. The van der Waals surface area contributed by atoms with Gasteiger partial charge in [0.2, 0.25) is 0 Å². The molecule has 1 atom stereocenters. The largest absolute Gasteiger partial charge is 0.395 e. The Labute approximate surface area is 96.7 Å². The Morgan fingerprint density at radius 1 is 1.38 bits per heavy atom. The molecular weight excluding hydrogens is 200 g/mol. The summed E-state index contributed by atoms with van der Waals surface area (Å²) in [4.78, 5) is 0. The van der Waals surface area contributed by atoms with Crippen LogP contribution in [-0.2, 0) is 6.42 Å². The maximum Gasteiger partial charge on any atom is 0.104 e. The normalized spacial score (nSPS) is 14.1. The molecule has 0 aliphatic carbocycles. The SMILES string of the molecule is CC(C#N)(CCc1ccccc1)NCCO. The Hall–Kier alpha value is -1.37. The number of aryl methyl sites for hydroxylation is 1. The van der Waals surface area contributed by atoms with Crippen molar-refractivity contribution in [3.63, 3.8) is 0 Å². The van der Waals surface area contributed by atoms with E-state index in [-0.39, 0.29) is 6.61 Å². The van der Waals surface area contributed by atoms with Crippen LogP contribution >= 0.6 is 0 Å². The van der Waals surface area contributed by atoms with Crippen molar-refractivity contribution >= 4 is 0 Å². The predicted octanol–water partition coefficient (Wildman–Crippen LogP) is 1.48. The van der Waals surface area contributed by atoms with Gasteiger partial charge < -0.3 is 5.11 Å². The van der Waals surface area contributed by atoms with E-state index in [0.717, 1.165) is 12.8 Å². The molecular formula is C13H18N2O. The van der Waals surface area contributed by atoms with Gasteiger partial charge in [0.15, 0.2) is 0 Å². The average molecular weight is 218 g/mol. The number of benzene rings is 1.